The Hall–Kier alpha value is -0.860. The lowest BCUT2D eigenvalue weighted by atomic mass is 10.3. The summed E-state index contributed by atoms with van der Waals surface area (Å²) in [5.41, 5.74) is 0. The normalized spacial score (nSPS) is 10.3. The zero-order valence-electron chi connectivity index (χ0n) is 5.54. The van der Waals surface area contributed by atoms with Gasteiger partial charge in [0.15, 0.2) is 0 Å². The molecule has 0 fully saturated rings. The average molecular weight is 129 g/mol. The minimum Gasteiger partial charge on any atom is -0.264 e. The van der Waals surface area contributed by atoms with Crippen molar-refractivity contribution < 1.29 is 4.92 Å². The molecule has 0 N–H and O–H groups in total. The van der Waals surface area contributed by atoms with Gasteiger partial charge < -0.3 is 0 Å². The van der Waals surface area contributed by atoms with E-state index >= 15 is 0 Å². The Morgan fingerprint density at radius 1 is 1.56 bits per heavy atom. The fourth-order valence-corrected chi connectivity index (χ4v) is 0.445. The number of hydrogen-bond donors (Lipinski definition) is 0. The lowest BCUT2D eigenvalue weighted by Crippen LogP contribution is -1.95. The summed E-state index contributed by atoms with van der Waals surface area (Å²) in [6.45, 7) is 2.00. The second-order valence-electron chi connectivity index (χ2n) is 1.78. The first-order chi connectivity index (χ1) is 4.27. The first-order valence-corrected chi connectivity index (χ1v) is 3.04. The molecule has 0 aromatic rings. The highest BCUT2D eigenvalue weighted by atomic mass is 16.6. The second kappa shape index (κ2) is 5.28. The first kappa shape index (κ1) is 8.14. The Morgan fingerprint density at radius 2 is 2.22 bits per heavy atom. The topological polar surface area (TPSA) is 43.1 Å². The lowest BCUT2D eigenvalue weighted by molar-refractivity contribution is -0.468. The maximum atomic E-state index is 9.72. The molecule has 0 radical (unpaired) electrons. The van der Waals surface area contributed by atoms with Crippen LogP contribution >= 0.6 is 0 Å². The molecule has 0 atom stereocenters. The van der Waals surface area contributed by atoms with Crippen LogP contribution < -0.4 is 0 Å². The van der Waals surface area contributed by atoms with E-state index in [1.165, 1.54) is 0 Å². The molecule has 3 heteroatoms. The number of rotatable bonds is 4. The number of nitro groups is 1. The van der Waals surface area contributed by atoms with Crippen molar-refractivity contribution in [2.75, 3.05) is 6.54 Å². The SMILES string of the molecule is CCC/C=C/C[N+](=O)[O-]. The Bertz CT molecular complexity index is 110. The van der Waals surface area contributed by atoms with Crippen molar-refractivity contribution in [3.05, 3.63) is 22.3 Å². The van der Waals surface area contributed by atoms with Crippen molar-refractivity contribution in [2.45, 2.75) is 19.8 Å². The summed E-state index contributed by atoms with van der Waals surface area (Å²) in [5.74, 6) is 0. The molecule has 0 unspecified atom stereocenters. The Morgan fingerprint density at radius 3 is 2.67 bits per heavy atom. The van der Waals surface area contributed by atoms with Crippen LogP contribution in [-0.4, -0.2) is 11.5 Å². The molecule has 3 nitrogen and oxygen atoms in total. The molecule has 52 valence electrons. The summed E-state index contributed by atoms with van der Waals surface area (Å²) in [7, 11) is 0. The van der Waals surface area contributed by atoms with Gasteiger partial charge in [0.1, 0.15) is 0 Å². The van der Waals surface area contributed by atoms with E-state index in [0.29, 0.717) is 0 Å². The summed E-state index contributed by atoms with van der Waals surface area (Å²) in [6, 6.07) is 0. The zero-order chi connectivity index (χ0) is 7.11. The molecular formula is C6H11NO2. The summed E-state index contributed by atoms with van der Waals surface area (Å²) >= 11 is 0. The van der Waals surface area contributed by atoms with E-state index in [1.807, 2.05) is 13.0 Å². The van der Waals surface area contributed by atoms with Crippen molar-refractivity contribution in [3.8, 4) is 0 Å². The third-order valence-corrected chi connectivity index (χ3v) is 0.876. The summed E-state index contributed by atoms with van der Waals surface area (Å²) in [6.07, 6.45) is 5.41. The van der Waals surface area contributed by atoms with Crippen LogP contribution in [0.15, 0.2) is 12.2 Å². The molecule has 0 aromatic heterocycles. The molecule has 0 spiro atoms. The largest absolute Gasteiger partial charge is 0.264 e. The van der Waals surface area contributed by atoms with E-state index in [1.54, 1.807) is 6.08 Å². The Labute approximate surface area is 54.5 Å². The van der Waals surface area contributed by atoms with Crippen LogP contribution in [0.25, 0.3) is 0 Å². The van der Waals surface area contributed by atoms with E-state index in [4.69, 9.17) is 0 Å². The van der Waals surface area contributed by atoms with Gasteiger partial charge in [0, 0.05) is 4.92 Å². The van der Waals surface area contributed by atoms with Crippen LogP contribution in [0.1, 0.15) is 19.8 Å². The Kier molecular flexibility index (Phi) is 4.78. The van der Waals surface area contributed by atoms with Crippen LogP contribution in [0.3, 0.4) is 0 Å². The molecule has 0 rings (SSSR count). The lowest BCUT2D eigenvalue weighted by Gasteiger charge is -1.82. The minimum atomic E-state index is -0.341. The molecule has 9 heavy (non-hydrogen) atoms. The van der Waals surface area contributed by atoms with Crippen LogP contribution in [0.2, 0.25) is 0 Å². The molecule has 0 aromatic carbocycles. The van der Waals surface area contributed by atoms with Gasteiger partial charge in [-0.3, -0.25) is 10.1 Å². The fourth-order valence-electron chi connectivity index (χ4n) is 0.445. The third kappa shape index (κ3) is 7.14. The summed E-state index contributed by atoms with van der Waals surface area (Å²) in [4.78, 5) is 9.38. The van der Waals surface area contributed by atoms with E-state index in [0.717, 1.165) is 12.8 Å². The third-order valence-electron chi connectivity index (χ3n) is 0.876. The monoisotopic (exact) mass is 129 g/mol. The Balaban J connectivity index is 3.14. The van der Waals surface area contributed by atoms with Crippen molar-refractivity contribution in [1.29, 1.82) is 0 Å². The zero-order valence-corrected chi connectivity index (χ0v) is 5.54. The highest BCUT2D eigenvalue weighted by Crippen LogP contribution is 1.87. The van der Waals surface area contributed by atoms with Gasteiger partial charge in [-0.1, -0.05) is 19.4 Å². The fraction of sp³-hybridized carbons (Fsp3) is 0.667. The molecule has 0 amide bonds. The van der Waals surface area contributed by atoms with E-state index in [-0.39, 0.29) is 11.5 Å². The van der Waals surface area contributed by atoms with Crippen LogP contribution in [-0.2, 0) is 0 Å². The predicted molar refractivity (Wildman–Crippen MR) is 35.9 cm³/mol. The number of nitrogens with zero attached hydrogens (tertiary/aromatic N) is 1. The summed E-state index contributed by atoms with van der Waals surface area (Å²) < 4.78 is 0. The van der Waals surface area contributed by atoms with E-state index in [9.17, 15) is 10.1 Å². The van der Waals surface area contributed by atoms with Gasteiger partial charge in [-0.2, -0.15) is 0 Å². The molecule has 0 aliphatic heterocycles. The van der Waals surface area contributed by atoms with Gasteiger partial charge in [-0.15, -0.1) is 0 Å². The summed E-state index contributed by atoms with van der Waals surface area (Å²) in [5, 5.41) is 9.72. The predicted octanol–water partition coefficient (Wildman–Crippen LogP) is 1.62. The van der Waals surface area contributed by atoms with Crippen molar-refractivity contribution in [1.82, 2.24) is 0 Å². The van der Waals surface area contributed by atoms with Gasteiger partial charge in [0.05, 0.1) is 0 Å². The van der Waals surface area contributed by atoms with Crippen LogP contribution in [0, 0.1) is 10.1 Å². The molecule has 0 aliphatic rings. The standard InChI is InChI=1S/C6H11NO2/c1-2-3-4-5-6-7(8)9/h4-5H,2-3,6H2,1H3/b5-4+. The van der Waals surface area contributed by atoms with E-state index < -0.39 is 0 Å². The van der Waals surface area contributed by atoms with Crippen molar-refractivity contribution in [3.63, 3.8) is 0 Å². The maximum Gasteiger partial charge on any atom is 0.222 e. The van der Waals surface area contributed by atoms with Crippen molar-refractivity contribution in [2.24, 2.45) is 0 Å². The van der Waals surface area contributed by atoms with Crippen LogP contribution in [0.4, 0.5) is 0 Å². The van der Waals surface area contributed by atoms with Crippen LogP contribution in [0.5, 0.6) is 0 Å². The van der Waals surface area contributed by atoms with E-state index in [2.05, 4.69) is 0 Å². The molecule has 0 saturated carbocycles. The average Bonchev–Trinajstić information content (AvgIpc) is 1.80. The second-order valence-corrected chi connectivity index (χ2v) is 1.78. The number of unbranched alkanes of at least 4 members (excludes halogenated alkanes) is 1. The number of allylic oxidation sites excluding steroid dienone is 1. The highest BCUT2D eigenvalue weighted by molar-refractivity contribution is 4.79. The van der Waals surface area contributed by atoms with Gasteiger partial charge in [0.2, 0.25) is 6.54 Å². The molecular weight excluding hydrogens is 118 g/mol. The van der Waals surface area contributed by atoms with Gasteiger partial charge in [-0.25, -0.2) is 0 Å². The highest BCUT2D eigenvalue weighted by Gasteiger charge is 1.85. The molecule has 0 bridgehead atoms. The quantitative estimate of drug-likeness (QED) is 0.329. The minimum absolute atomic E-state index is 0.0417. The molecule has 0 saturated heterocycles. The van der Waals surface area contributed by atoms with Crippen molar-refractivity contribution >= 4 is 0 Å². The number of hydrogen-bond acceptors (Lipinski definition) is 2. The molecule has 0 heterocycles. The maximum absolute atomic E-state index is 9.72. The van der Waals surface area contributed by atoms with Gasteiger partial charge in [0.25, 0.3) is 0 Å². The first-order valence-electron chi connectivity index (χ1n) is 3.04. The molecule has 0 aliphatic carbocycles. The smallest absolute Gasteiger partial charge is 0.222 e. The van der Waals surface area contributed by atoms with Gasteiger partial charge in [-0.05, 0) is 12.5 Å². The van der Waals surface area contributed by atoms with Gasteiger partial charge >= 0.3 is 0 Å².